The van der Waals surface area contributed by atoms with Gasteiger partial charge in [0.1, 0.15) is 0 Å². The minimum Gasteiger partial charge on any atom is -0.481 e. The molecule has 0 aromatic carbocycles. The van der Waals surface area contributed by atoms with Crippen LogP contribution in [0.5, 0.6) is 0 Å². The van der Waals surface area contributed by atoms with Crippen LogP contribution in [0, 0.1) is 5.92 Å². The monoisotopic (exact) mass is 309 g/mol. The quantitative estimate of drug-likeness (QED) is 0.877. The predicted octanol–water partition coefficient (Wildman–Crippen LogP) is 3.22. The Balaban J connectivity index is 1.87. The highest BCUT2D eigenvalue weighted by Gasteiger charge is 2.29. The molecule has 1 aliphatic rings. The van der Waals surface area contributed by atoms with Crippen molar-refractivity contribution >= 4 is 23.2 Å². The van der Waals surface area contributed by atoms with Crippen LogP contribution in [0.1, 0.15) is 49.8 Å². The van der Waals surface area contributed by atoms with Crippen molar-refractivity contribution in [2.45, 2.75) is 57.4 Å². The Morgan fingerprint density at radius 2 is 2.00 bits per heavy atom. The van der Waals surface area contributed by atoms with E-state index >= 15 is 0 Å². The Morgan fingerprint density at radius 3 is 2.67 bits per heavy atom. The second-order valence-corrected chi connectivity index (χ2v) is 6.72. The molecule has 2 unspecified atom stereocenters. The summed E-state index contributed by atoms with van der Waals surface area (Å²) in [6.07, 6.45) is 6.79. The van der Waals surface area contributed by atoms with Crippen LogP contribution in [-0.4, -0.2) is 23.0 Å². The van der Waals surface area contributed by atoms with E-state index < -0.39 is 11.9 Å². The number of amides is 1. The van der Waals surface area contributed by atoms with Gasteiger partial charge in [0.2, 0.25) is 5.91 Å². The number of carbonyl (C=O) groups is 2. The van der Waals surface area contributed by atoms with Gasteiger partial charge < -0.3 is 10.4 Å². The molecule has 2 atom stereocenters. The lowest BCUT2D eigenvalue weighted by Gasteiger charge is -2.27. The molecule has 1 fully saturated rings. The van der Waals surface area contributed by atoms with E-state index in [9.17, 15) is 14.7 Å². The minimum absolute atomic E-state index is 0.0276. The van der Waals surface area contributed by atoms with Crippen LogP contribution in [0.2, 0.25) is 0 Å². The summed E-state index contributed by atoms with van der Waals surface area (Å²) in [6.45, 7) is 0. The van der Waals surface area contributed by atoms with Crippen molar-refractivity contribution in [3.05, 3.63) is 22.4 Å². The summed E-state index contributed by atoms with van der Waals surface area (Å²) in [7, 11) is 0. The molecular formula is C16H23NO3S. The number of aliphatic carboxylic acids is 1. The van der Waals surface area contributed by atoms with Gasteiger partial charge in [-0.2, -0.15) is 0 Å². The van der Waals surface area contributed by atoms with E-state index in [2.05, 4.69) is 5.32 Å². The lowest BCUT2D eigenvalue weighted by Crippen LogP contribution is -2.44. The number of nitrogens with one attached hydrogen (secondary N) is 1. The van der Waals surface area contributed by atoms with Crippen molar-refractivity contribution < 1.29 is 14.7 Å². The molecule has 0 saturated heterocycles. The summed E-state index contributed by atoms with van der Waals surface area (Å²) in [5, 5.41) is 14.3. The van der Waals surface area contributed by atoms with Gasteiger partial charge in [-0.25, -0.2) is 0 Å². The Kier molecular flexibility index (Phi) is 6.23. The summed E-state index contributed by atoms with van der Waals surface area (Å²) in [6, 6.07) is 3.79. The molecule has 0 spiro atoms. The zero-order valence-electron chi connectivity index (χ0n) is 12.2. The molecule has 1 heterocycles. The zero-order valence-corrected chi connectivity index (χ0v) is 13.0. The van der Waals surface area contributed by atoms with Crippen LogP contribution in [0.4, 0.5) is 0 Å². The van der Waals surface area contributed by atoms with E-state index in [0.29, 0.717) is 12.8 Å². The maximum absolute atomic E-state index is 12.1. The molecule has 0 aliphatic heterocycles. The fourth-order valence-electron chi connectivity index (χ4n) is 2.92. The molecule has 1 aromatic rings. The number of aryl methyl sites for hydroxylation is 1. The summed E-state index contributed by atoms with van der Waals surface area (Å²) >= 11 is 1.65. The third-order valence-electron chi connectivity index (χ3n) is 4.11. The van der Waals surface area contributed by atoms with Crippen LogP contribution >= 0.6 is 11.3 Å². The van der Waals surface area contributed by atoms with Gasteiger partial charge in [0.15, 0.2) is 0 Å². The number of rotatable bonds is 5. The van der Waals surface area contributed by atoms with E-state index in [1.54, 1.807) is 11.3 Å². The molecule has 1 aliphatic carbocycles. The van der Waals surface area contributed by atoms with Crippen molar-refractivity contribution in [3.63, 3.8) is 0 Å². The highest BCUT2D eigenvalue weighted by Crippen LogP contribution is 2.23. The SMILES string of the molecule is O=C(CCc1cccs1)NC1CCCCCCC1C(=O)O. The first-order valence-corrected chi connectivity index (χ1v) is 8.59. The molecule has 1 aromatic heterocycles. The van der Waals surface area contributed by atoms with Crippen molar-refractivity contribution in [3.8, 4) is 0 Å². The standard InChI is InChI=1S/C16H23NO3S/c18-15(10-9-12-6-5-11-21-12)17-14-8-4-2-1-3-7-13(14)16(19)20/h5-6,11,13-14H,1-4,7-10H2,(H,17,18)(H,19,20). The number of hydrogen-bond donors (Lipinski definition) is 2. The lowest BCUT2D eigenvalue weighted by molar-refractivity contribution is -0.143. The Morgan fingerprint density at radius 1 is 1.24 bits per heavy atom. The number of carboxylic acid groups (broad SMARTS) is 1. The van der Waals surface area contributed by atoms with Gasteiger partial charge in [-0.1, -0.05) is 31.7 Å². The van der Waals surface area contributed by atoms with Crippen molar-refractivity contribution in [1.82, 2.24) is 5.32 Å². The molecule has 0 radical (unpaired) electrons. The fraction of sp³-hybridized carbons (Fsp3) is 0.625. The van der Waals surface area contributed by atoms with E-state index in [1.165, 1.54) is 4.88 Å². The van der Waals surface area contributed by atoms with Crippen LogP contribution in [0.25, 0.3) is 0 Å². The first-order chi connectivity index (χ1) is 10.2. The van der Waals surface area contributed by atoms with Crippen molar-refractivity contribution in [1.29, 1.82) is 0 Å². The zero-order chi connectivity index (χ0) is 15.1. The largest absolute Gasteiger partial charge is 0.481 e. The van der Waals surface area contributed by atoms with Gasteiger partial charge in [-0.3, -0.25) is 9.59 Å². The Labute approximate surface area is 129 Å². The number of hydrogen-bond acceptors (Lipinski definition) is 3. The van der Waals surface area contributed by atoms with Crippen LogP contribution in [0.15, 0.2) is 17.5 Å². The van der Waals surface area contributed by atoms with Gasteiger partial charge in [-0.15, -0.1) is 11.3 Å². The number of thiophene rings is 1. The molecule has 0 bridgehead atoms. The molecule has 21 heavy (non-hydrogen) atoms. The molecule has 2 rings (SSSR count). The molecule has 116 valence electrons. The smallest absolute Gasteiger partial charge is 0.308 e. The van der Waals surface area contributed by atoms with Gasteiger partial charge >= 0.3 is 5.97 Å². The highest BCUT2D eigenvalue weighted by atomic mass is 32.1. The van der Waals surface area contributed by atoms with Gasteiger partial charge in [0.05, 0.1) is 5.92 Å². The Bertz CT molecular complexity index is 458. The fourth-order valence-corrected chi connectivity index (χ4v) is 3.63. The molecule has 2 N–H and O–H groups in total. The maximum Gasteiger partial charge on any atom is 0.308 e. The van der Waals surface area contributed by atoms with E-state index in [4.69, 9.17) is 0 Å². The average Bonchev–Trinajstić information content (AvgIpc) is 2.92. The van der Waals surface area contributed by atoms with Crippen molar-refractivity contribution in [2.24, 2.45) is 5.92 Å². The van der Waals surface area contributed by atoms with Crippen LogP contribution < -0.4 is 5.32 Å². The van der Waals surface area contributed by atoms with E-state index in [1.807, 2.05) is 17.5 Å². The van der Waals surface area contributed by atoms with E-state index in [-0.39, 0.29) is 11.9 Å². The summed E-state index contributed by atoms with van der Waals surface area (Å²) in [5.74, 6) is -1.24. The van der Waals surface area contributed by atoms with Gasteiger partial charge in [0.25, 0.3) is 0 Å². The molecule has 1 amide bonds. The second kappa shape index (κ2) is 8.17. The predicted molar refractivity (Wildman–Crippen MR) is 83.4 cm³/mol. The summed E-state index contributed by atoms with van der Waals surface area (Å²) in [4.78, 5) is 24.7. The van der Waals surface area contributed by atoms with Gasteiger partial charge in [-0.05, 0) is 30.7 Å². The number of carbonyl (C=O) groups excluding carboxylic acids is 1. The maximum atomic E-state index is 12.1. The third kappa shape index (κ3) is 5.16. The van der Waals surface area contributed by atoms with Gasteiger partial charge in [0, 0.05) is 17.3 Å². The number of carboxylic acids is 1. The normalized spacial score (nSPS) is 23.0. The average molecular weight is 309 g/mol. The van der Waals surface area contributed by atoms with Crippen LogP contribution in [-0.2, 0) is 16.0 Å². The third-order valence-corrected chi connectivity index (χ3v) is 5.04. The minimum atomic E-state index is -0.777. The first kappa shape index (κ1) is 16.0. The lowest BCUT2D eigenvalue weighted by atomic mass is 9.86. The highest BCUT2D eigenvalue weighted by molar-refractivity contribution is 7.09. The molecular weight excluding hydrogens is 286 g/mol. The first-order valence-electron chi connectivity index (χ1n) is 7.71. The molecule has 5 heteroatoms. The van der Waals surface area contributed by atoms with E-state index in [0.717, 1.165) is 38.5 Å². The summed E-state index contributed by atoms with van der Waals surface area (Å²) < 4.78 is 0. The Hall–Kier alpha value is -1.36. The second-order valence-electron chi connectivity index (χ2n) is 5.69. The molecule has 4 nitrogen and oxygen atoms in total. The molecule has 1 saturated carbocycles. The van der Waals surface area contributed by atoms with Crippen LogP contribution in [0.3, 0.4) is 0 Å². The summed E-state index contributed by atoms with van der Waals surface area (Å²) in [5.41, 5.74) is 0. The topological polar surface area (TPSA) is 66.4 Å². The van der Waals surface area contributed by atoms with Crippen molar-refractivity contribution in [2.75, 3.05) is 0 Å².